The lowest BCUT2D eigenvalue weighted by molar-refractivity contribution is -0.122. The number of thiophene rings is 1. The SMILES string of the molecule is O=C(CCC(=O)c1cccs1)NCCC(=O)NC1CC1. The van der Waals surface area contributed by atoms with E-state index in [9.17, 15) is 14.4 Å². The largest absolute Gasteiger partial charge is 0.356 e. The maximum absolute atomic E-state index is 11.7. The van der Waals surface area contributed by atoms with Crippen LogP contribution in [0.3, 0.4) is 0 Å². The molecule has 1 aliphatic carbocycles. The molecule has 5 nitrogen and oxygen atoms in total. The quantitative estimate of drug-likeness (QED) is 0.713. The number of amides is 2. The highest BCUT2D eigenvalue weighted by atomic mass is 32.1. The predicted octanol–water partition coefficient (Wildman–Crippen LogP) is 1.50. The van der Waals surface area contributed by atoms with Crippen LogP contribution < -0.4 is 10.6 Å². The summed E-state index contributed by atoms with van der Waals surface area (Å²) in [5.41, 5.74) is 0. The number of carbonyl (C=O) groups is 3. The van der Waals surface area contributed by atoms with E-state index in [0.717, 1.165) is 12.8 Å². The van der Waals surface area contributed by atoms with Gasteiger partial charge in [0, 0.05) is 31.8 Å². The van der Waals surface area contributed by atoms with Crippen LogP contribution in [0.1, 0.15) is 41.8 Å². The maximum atomic E-state index is 11.7. The van der Waals surface area contributed by atoms with Gasteiger partial charge in [0.05, 0.1) is 4.88 Å². The smallest absolute Gasteiger partial charge is 0.221 e. The Balaban J connectivity index is 1.55. The van der Waals surface area contributed by atoms with Gasteiger partial charge >= 0.3 is 0 Å². The van der Waals surface area contributed by atoms with Crippen LogP contribution in [0.15, 0.2) is 17.5 Å². The Labute approximate surface area is 121 Å². The average molecular weight is 294 g/mol. The number of Topliss-reactive ketones (excluding diaryl/α,β-unsaturated/α-hetero) is 1. The van der Waals surface area contributed by atoms with Crippen molar-refractivity contribution in [3.8, 4) is 0 Å². The van der Waals surface area contributed by atoms with E-state index in [1.807, 2.05) is 11.4 Å². The second kappa shape index (κ2) is 7.19. The summed E-state index contributed by atoms with van der Waals surface area (Å²) < 4.78 is 0. The number of rotatable bonds is 8. The molecule has 2 N–H and O–H groups in total. The third-order valence-electron chi connectivity index (χ3n) is 2.99. The van der Waals surface area contributed by atoms with E-state index < -0.39 is 0 Å². The molecule has 1 aliphatic rings. The summed E-state index contributed by atoms with van der Waals surface area (Å²) in [6.07, 6.45) is 2.79. The normalized spacial score (nSPS) is 13.8. The van der Waals surface area contributed by atoms with Gasteiger partial charge in [-0.05, 0) is 24.3 Å². The van der Waals surface area contributed by atoms with Gasteiger partial charge in [0.15, 0.2) is 5.78 Å². The van der Waals surface area contributed by atoms with Crippen molar-refractivity contribution in [2.45, 2.75) is 38.1 Å². The van der Waals surface area contributed by atoms with Crippen molar-refractivity contribution in [1.29, 1.82) is 0 Å². The fraction of sp³-hybridized carbons (Fsp3) is 0.500. The molecule has 0 bridgehead atoms. The summed E-state index contributed by atoms with van der Waals surface area (Å²) >= 11 is 1.38. The second-order valence-corrected chi connectivity index (χ2v) is 5.79. The van der Waals surface area contributed by atoms with Crippen molar-refractivity contribution in [2.75, 3.05) is 6.54 Å². The fourth-order valence-corrected chi connectivity index (χ4v) is 2.41. The third-order valence-corrected chi connectivity index (χ3v) is 3.90. The molecule has 1 fully saturated rings. The number of hydrogen-bond donors (Lipinski definition) is 2. The van der Waals surface area contributed by atoms with Crippen LogP contribution in [-0.4, -0.2) is 30.2 Å². The Morgan fingerprint density at radius 2 is 1.95 bits per heavy atom. The van der Waals surface area contributed by atoms with Gasteiger partial charge in [0.25, 0.3) is 0 Å². The molecule has 0 atom stereocenters. The molecule has 6 heteroatoms. The standard InChI is InChI=1S/C14H18N2O3S/c17-11(12-2-1-9-20-12)5-6-13(18)15-8-7-14(19)16-10-3-4-10/h1-2,9-10H,3-8H2,(H,15,18)(H,16,19). The molecule has 0 saturated heterocycles. The van der Waals surface area contributed by atoms with Crippen LogP contribution in [0.5, 0.6) is 0 Å². The molecule has 1 saturated carbocycles. The molecule has 0 aromatic carbocycles. The van der Waals surface area contributed by atoms with E-state index in [4.69, 9.17) is 0 Å². The third kappa shape index (κ3) is 5.13. The zero-order chi connectivity index (χ0) is 14.4. The van der Waals surface area contributed by atoms with Crippen molar-refractivity contribution in [2.24, 2.45) is 0 Å². The summed E-state index contributed by atoms with van der Waals surface area (Å²) in [5.74, 6) is -0.224. The van der Waals surface area contributed by atoms with Crippen molar-refractivity contribution < 1.29 is 14.4 Å². The zero-order valence-corrected chi connectivity index (χ0v) is 12.0. The average Bonchev–Trinajstić information content (AvgIpc) is 3.06. The second-order valence-electron chi connectivity index (χ2n) is 4.84. The van der Waals surface area contributed by atoms with Crippen molar-refractivity contribution in [1.82, 2.24) is 10.6 Å². The van der Waals surface area contributed by atoms with Gasteiger partial charge in [-0.1, -0.05) is 6.07 Å². The summed E-state index contributed by atoms with van der Waals surface area (Å²) in [5, 5.41) is 7.35. The molecule has 0 spiro atoms. The van der Waals surface area contributed by atoms with Gasteiger partial charge in [0.1, 0.15) is 0 Å². The number of hydrogen-bond acceptors (Lipinski definition) is 4. The summed E-state index contributed by atoms with van der Waals surface area (Å²) in [7, 11) is 0. The Morgan fingerprint density at radius 1 is 1.15 bits per heavy atom. The molecule has 108 valence electrons. The Bertz CT molecular complexity index is 481. The van der Waals surface area contributed by atoms with Gasteiger partial charge < -0.3 is 10.6 Å². The van der Waals surface area contributed by atoms with E-state index >= 15 is 0 Å². The van der Waals surface area contributed by atoms with E-state index in [0.29, 0.717) is 23.9 Å². The molecule has 20 heavy (non-hydrogen) atoms. The summed E-state index contributed by atoms with van der Waals surface area (Å²) in [4.78, 5) is 35.3. The van der Waals surface area contributed by atoms with Gasteiger partial charge in [-0.2, -0.15) is 0 Å². The summed E-state index contributed by atoms with van der Waals surface area (Å²) in [6, 6.07) is 3.92. The van der Waals surface area contributed by atoms with Crippen LogP contribution in [-0.2, 0) is 9.59 Å². The lowest BCUT2D eigenvalue weighted by Crippen LogP contribution is -2.31. The number of carbonyl (C=O) groups excluding carboxylic acids is 3. The van der Waals surface area contributed by atoms with E-state index in [2.05, 4.69) is 10.6 Å². The first kappa shape index (κ1) is 14.7. The minimum Gasteiger partial charge on any atom is -0.356 e. The van der Waals surface area contributed by atoms with Crippen LogP contribution >= 0.6 is 11.3 Å². The molecule has 0 aliphatic heterocycles. The lowest BCUT2D eigenvalue weighted by Gasteiger charge is -2.05. The summed E-state index contributed by atoms with van der Waals surface area (Å²) in [6.45, 7) is 0.324. The molecular formula is C14H18N2O3S. The van der Waals surface area contributed by atoms with Crippen LogP contribution in [0.25, 0.3) is 0 Å². The van der Waals surface area contributed by atoms with Crippen LogP contribution in [0.4, 0.5) is 0 Å². The highest BCUT2D eigenvalue weighted by Gasteiger charge is 2.22. The molecule has 1 heterocycles. The molecule has 1 aromatic heterocycles. The Morgan fingerprint density at radius 3 is 2.60 bits per heavy atom. The van der Waals surface area contributed by atoms with E-state index in [-0.39, 0.29) is 30.4 Å². The lowest BCUT2D eigenvalue weighted by atomic mass is 10.2. The first-order chi connectivity index (χ1) is 9.65. The van der Waals surface area contributed by atoms with Crippen LogP contribution in [0.2, 0.25) is 0 Å². The zero-order valence-electron chi connectivity index (χ0n) is 11.2. The van der Waals surface area contributed by atoms with Gasteiger partial charge in [-0.3, -0.25) is 14.4 Å². The van der Waals surface area contributed by atoms with Crippen molar-refractivity contribution >= 4 is 28.9 Å². The monoisotopic (exact) mass is 294 g/mol. The van der Waals surface area contributed by atoms with E-state index in [1.165, 1.54) is 11.3 Å². The number of ketones is 1. The molecule has 2 amide bonds. The molecular weight excluding hydrogens is 276 g/mol. The highest BCUT2D eigenvalue weighted by Crippen LogP contribution is 2.18. The van der Waals surface area contributed by atoms with Crippen LogP contribution in [0, 0.1) is 0 Å². The van der Waals surface area contributed by atoms with Crippen molar-refractivity contribution in [3.63, 3.8) is 0 Å². The minimum absolute atomic E-state index is 0.0124. The number of nitrogens with one attached hydrogen (secondary N) is 2. The molecule has 0 unspecified atom stereocenters. The first-order valence-electron chi connectivity index (χ1n) is 6.78. The van der Waals surface area contributed by atoms with Crippen molar-refractivity contribution in [3.05, 3.63) is 22.4 Å². The fourth-order valence-electron chi connectivity index (χ4n) is 1.72. The molecule has 2 rings (SSSR count). The van der Waals surface area contributed by atoms with Gasteiger partial charge in [0.2, 0.25) is 11.8 Å². The highest BCUT2D eigenvalue weighted by molar-refractivity contribution is 7.12. The first-order valence-corrected chi connectivity index (χ1v) is 7.66. The Hall–Kier alpha value is -1.69. The van der Waals surface area contributed by atoms with Gasteiger partial charge in [-0.25, -0.2) is 0 Å². The van der Waals surface area contributed by atoms with Gasteiger partial charge in [-0.15, -0.1) is 11.3 Å². The molecule has 0 radical (unpaired) electrons. The maximum Gasteiger partial charge on any atom is 0.221 e. The predicted molar refractivity (Wildman–Crippen MR) is 76.7 cm³/mol. The van der Waals surface area contributed by atoms with E-state index in [1.54, 1.807) is 6.07 Å². The topological polar surface area (TPSA) is 75.3 Å². The Kier molecular flexibility index (Phi) is 5.29. The minimum atomic E-state index is -0.186. The molecule has 1 aromatic rings.